The number of Topliss-reactive ketones (excluding diaryl/α,β-unsaturated/α-hetero) is 2. The molecule has 1 aromatic rings. The van der Waals surface area contributed by atoms with Gasteiger partial charge < -0.3 is 5.11 Å². The average molecular weight is 266 g/mol. The van der Waals surface area contributed by atoms with Crippen molar-refractivity contribution in [3.05, 3.63) is 28.0 Å². The van der Waals surface area contributed by atoms with Crippen LogP contribution in [0.15, 0.2) is 18.2 Å². The minimum Gasteiger partial charge on any atom is -0.396 e. The van der Waals surface area contributed by atoms with Gasteiger partial charge in [-0.15, -0.1) is 11.3 Å². The van der Waals surface area contributed by atoms with Crippen molar-refractivity contribution < 1.29 is 14.7 Å². The molecule has 0 bridgehead atoms. The third-order valence-electron chi connectivity index (χ3n) is 2.48. The van der Waals surface area contributed by atoms with Gasteiger partial charge in [0.25, 0.3) is 0 Å². The minimum absolute atomic E-state index is 0.0866. The predicted octanol–water partition coefficient (Wildman–Crippen LogP) is 2.80. The Kier molecular flexibility index (Phi) is 5.44. The Labute approximate surface area is 111 Å². The molecule has 0 amide bonds. The van der Waals surface area contributed by atoms with Crippen molar-refractivity contribution in [3.8, 4) is 0 Å². The Morgan fingerprint density at radius 3 is 2.56 bits per heavy atom. The maximum Gasteiger partial charge on any atom is 0.238 e. The van der Waals surface area contributed by atoms with Gasteiger partial charge in [0.05, 0.1) is 4.88 Å². The molecule has 1 rings (SSSR count). The van der Waals surface area contributed by atoms with Gasteiger partial charge in [0.1, 0.15) is 0 Å². The summed E-state index contributed by atoms with van der Waals surface area (Å²) in [7, 11) is 0. The summed E-state index contributed by atoms with van der Waals surface area (Å²) in [6.45, 7) is 5.44. The van der Waals surface area contributed by atoms with Crippen molar-refractivity contribution in [1.29, 1.82) is 0 Å². The number of carbonyl (C=O) groups excluding carboxylic acids is 2. The second-order valence-electron chi connectivity index (χ2n) is 4.57. The van der Waals surface area contributed by atoms with Crippen LogP contribution >= 0.6 is 11.3 Å². The van der Waals surface area contributed by atoms with Crippen molar-refractivity contribution in [2.24, 2.45) is 11.8 Å². The zero-order valence-electron chi connectivity index (χ0n) is 10.8. The van der Waals surface area contributed by atoms with Crippen LogP contribution in [0.5, 0.6) is 0 Å². The van der Waals surface area contributed by atoms with Crippen molar-refractivity contribution in [2.75, 3.05) is 6.61 Å². The summed E-state index contributed by atoms with van der Waals surface area (Å²) in [6, 6.07) is 3.49. The van der Waals surface area contributed by atoms with E-state index in [9.17, 15) is 9.59 Å². The summed E-state index contributed by atoms with van der Waals surface area (Å²) >= 11 is 1.30. The van der Waals surface area contributed by atoms with Gasteiger partial charge in [-0.25, -0.2) is 0 Å². The second kappa shape index (κ2) is 6.61. The molecule has 1 atom stereocenters. The lowest BCUT2D eigenvalue weighted by atomic mass is 10.0. The second-order valence-corrected chi connectivity index (χ2v) is 5.68. The van der Waals surface area contributed by atoms with Crippen LogP contribution in [-0.2, 0) is 4.79 Å². The highest BCUT2D eigenvalue weighted by atomic mass is 32.1. The molecule has 18 heavy (non-hydrogen) atoms. The first-order chi connectivity index (χ1) is 8.45. The first kappa shape index (κ1) is 14.8. The standard InChI is InChI=1S/C14H18O3S/c1-9(2)13(16)14(17)12-7-6-11(18-12)5-4-10(3)8-15/h4-7,9-10,15H,8H2,1-3H3/b5-4+/t10-/m1/s1. The number of carbonyl (C=O) groups is 2. The molecule has 0 saturated heterocycles. The van der Waals surface area contributed by atoms with Crippen LogP contribution in [0.25, 0.3) is 6.08 Å². The quantitative estimate of drug-likeness (QED) is 0.636. The van der Waals surface area contributed by atoms with Crippen molar-refractivity contribution in [1.82, 2.24) is 0 Å². The van der Waals surface area contributed by atoms with Crippen LogP contribution in [0.4, 0.5) is 0 Å². The number of rotatable bonds is 6. The van der Waals surface area contributed by atoms with E-state index in [4.69, 9.17) is 5.11 Å². The minimum atomic E-state index is -0.412. The number of hydrogen-bond donors (Lipinski definition) is 1. The fourth-order valence-corrected chi connectivity index (χ4v) is 2.13. The molecule has 3 nitrogen and oxygen atoms in total. The molecule has 0 aromatic carbocycles. The molecule has 0 radical (unpaired) electrons. The third-order valence-corrected chi connectivity index (χ3v) is 3.53. The van der Waals surface area contributed by atoms with Crippen LogP contribution in [-0.4, -0.2) is 23.3 Å². The highest BCUT2D eigenvalue weighted by Crippen LogP contribution is 2.20. The van der Waals surface area contributed by atoms with Crippen LogP contribution in [0, 0.1) is 11.8 Å². The van der Waals surface area contributed by atoms with Gasteiger partial charge in [-0.2, -0.15) is 0 Å². The van der Waals surface area contributed by atoms with Gasteiger partial charge in [0, 0.05) is 17.4 Å². The SMILES string of the molecule is CC(C)C(=O)C(=O)c1ccc(/C=C/[C@@H](C)CO)s1. The molecule has 0 spiro atoms. The van der Waals surface area contributed by atoms with E-state index in [0.717, 1.165) is 4.88 Å². The fraction of sp³-hybridized carbons (Fsp3) is 0.429. The first-order valence-electron chi connectivity index (χ1n) is 5.93. The molecule has 98 valence electrons. The molecule has 0 fully saturated rings. The van der Waals surface area contributed by atoms with Crippen molar-refractivity contribution in [2.45, 2.75) is 20.8 Å². The number of aliphatic hydroxyl groups is 1. The maximum absolute atomic E-state index is 11.8. The highest BCUT2D eigenvalue weighted by Gasteiger charge is 2.20. The Morgan fingerprint density at radius 2 is 2.00 bits per heavy atom. The number of ketones is 2. The number of aliphatic hydroxyl groups excluding tert-OH is 1. The predicted molar refractivity (Wildman–Crippen MR) is 73.8 cm³/mol. The Morgan fingerprint density at radius 1 is 1.33 bits per heavy atom. The summed E-state index contributed by atoms with van der Waals surface area (Å²) in [5.41, 5.74) is 0. The van der Waals surface area contributed by atoms with E-state index in [1.54, 1.807) is 19.9 Å². The molecule has 0 saturated carbocycles. The lowest BCUT2D eigenvalue weighted by molar-refractivity contribution is -0.117. The van der Waals surface area contributed by atoms with Crippen molar-refractivity contribution in [3.63, 3.8) is 0 Å². The summed E-state index contributed by atoms with van der Waals surface area (Å²) in [4.78, 5) is 24.8. The molecule has 1 aromatic heterocycles. The lowest BCUT2D eigenvalue weighted by Crippen LogP contribution is -2.18. The van der Waals surface area contributed by atoms with Gasteiger partial charge >= 0.3 is 0 Å². The summed E-state index contributed by atoms with van der Waals surface area (Å²) in [5, 5.41) is 8.89. The number of hydrogen-bond acceptors (Lipinski definition) is 4. The molecule has 1 N–H and O–H groups in total. The molecule has 1 heterocycles. The first-order valence-corrected chi connectivity index (χ1v) is 6.74. The van der Waals surface area contributed by atoms with Crippen LogP contribution in [0.1, 0.15) is 35.3 Å². The van der Waals surface area contributed by atoms with Gasteiger partial charge in [0.15, 0.2) is 0 Å². The summed E-state index contributed by atoms with van der Waals surface area (Å²) in [6.07, 6.45) is 3.74. The summed E-state index contributed by atoms with van der Waals surface area (Å²) in [5.74, 6) is -0.947. The molecule has 0 unspecified atom stereocenters. The smallest absolute Gasteiger partial charge is 0.238 e. The molecule has 0 aliphatic carbocycles. The molecule has 0 aliphatic heterocycles. The Balaban J connectivity index is 2.78. The zero-order valence-corrected chi connectivity index (χ0v) is 11.7. The van der Waals surface area contributed by atoms with Crippen LogP contribution < -0.4 is 0 Å². The normalized spacial score (nSPS) is 13.2. The van der Waals surface area contributed by atoms with E-state index in [1.165, 1.54) is 11.3 Å². The van der Waals surface area contributed by atoms with E-state index in [0.29, 0.717) is 4.88 Å². The van der Waals surface area contributed by atoms with E-state index >= 15 is 0 Å². The van der Waals surface area contributed by atoms with Gasteiger partial charge in [-0.05, 0) is 24.1 Å². The van der Waals surface area contributed by atoms with Gasteiger partial charge in [-0.1, -0.05) is 26.8 Å². The van der Waals surface area contributed by atoms with Gasteiger partial charge in [0.2, 0.25) is 11.6 Å². The monoisotopic (exact) mass is 266 g/mol. The van der Waals surface area contributed by atoms with Crippen LogP contribution in [0.2, 0.25) is 0 Å². The van der Waals surface area contributed by atoms with Crippen LogP contribution in [0.3, 0.4) is 0 Å². The lowest BCUT2D eigenvalue weighted by Gasteiger charge is -1.99. The van der Waals surface area contributed by atoms with E-state index in [-0.39, 0.29) is 24.2 Å². The third kappa shape index (κ3) is 3.89. The summed E-state index contributed by atoms with van der Waals surface area (Å²) < 4.78 is 0. The van der Waals surface area contributed by atoms with E-state index < -0.39 is 5.78 Å². The Bertz CT molecular complexity index is 457. The zero-order chi connectivity index (χ0) is 13.7. The average Bonchev–Trinajstić information content (AvgIpc) is 2.82. The largest absolute Gasteiger partial charge is 0.396 e. The van der Waals surface area contributed by atoms with E-state index in [1.807, 2.05) is 25.1 Å². The van der Waals surface area contributed by atoms with E-state index in [2.05, 4.69) is 0 Å². The highest BCUT2D eigenvalue weighted by molar-refractivity contribution is 7.15. The van der Waals surface area contributed by atoms with Gasteiger partial charge in [-0.3, -0.25) is 9.59 Å². The molecular formula is C14H18O3S. The molecule has 4 heteroatoms. The fourth-order valence-electron chi connectivity index (χ4n) is 1.27. The number of thiophene rings is 1. The Hall–Kier alpha value is -1.26. The molecule has 0 aliphatic rings. The molecular weight excluding hydrogens is 248 g/mol. The maximum atomic E-state index is 11.8. The topological polar surface area (TPSA) is 54.4 Å². The van der Waals surface area contributed by atoms with Crippen molar-refractivity contribution >= 4 is 29.0 Å².